The summed E-state index contributed by atoms with van der Waals surface area (Å²) in [6.45, 7) is 0. The number of aromatic nitrogens is 5. The highest BCUT2D eigenvalue weighted by molar-refractivity contribution is 7.99. The predicted molar refractivity (Wildman–Crippen MR) is 67.3 cm³/mol. The molecule has 0 saturated heterocycles. The highest BCUT2D eigenvalue weighted by Crippen LogP contribution is 2.15. The zero-order valence-corrected chi connectivity index (χ0v) is 10.8. The molecule has 2 heterocycles. The molecule has 0 unspecified atom stereocenters. The molecule has 6 nitrogen and oxygen atoms in total. The molecule has 0 fully saturated rings. The average Bonchev–Trinajstić information content (AvgIpc) is 2.81. The SMILES string of the molecule is Cn1nnnc1SCCCC(=O)c1ccccn1. The van der Waals surface area contributed by atoms with Crippen molar-refractivity contribution in [3.05, 3.63) is 30.1 Å². The van der Waals surface area contributed by atoms with E-state index < -0.39 is 0 Å². The Morgan fingerprint density at radius 1 is 1.44 bits per heavy atom. The first-order valence-corrected chi connectivity index (χ1v) is 6.55. The van der Waals surface area contributed by atoms with Crippen LogP contribution in [0.4, 0.5) is 0 Å². The van der Waals surface area contributed by atoms with Gasteiger partial charge in [0.2, 0.25) is 5.16 Å². The van der Waals surface area contributed by atoms with Crippen molar-refractivity contribution in [2.45, 2.75) is 18.0 Å². The Kier molecular flexibility index (Phi) is 4.40. The number of rotatable bonds is 6. The van der Waals surface area contributed by atoms with Crippen LogP contribution in [-0.2, 0) is 7.05 Å². The second-order valence-corrected chi connectivity index (χ2v) is 4.74. The van der Waals surface area contributed by atoms with Gasteiger partial charge in [0.15, 0.2) is 5.78 Å². The van der Waals surface area contributed by atoms with Crippen molar-refractivity contribution in [2.24, 2.45) is 7.05 Å². The van der Waals surface area contributed by atoms with Crippen LogP contribution in [0.1, 0.15) is 23.3 Å². The van der Waals surface area contributed by atoms with Crippen molar-refractivity contribution in [1.29, 1.82) is 0 Å². The van der Waals surface area contributed by atoms with Crippen LogP contribution in [0.3, 0.4) is 0 Å². The van der Waals surface area contributed by atoms with E-state index in [1.54, 1.807) is 41.8 Å². The number of aryl methyl sites for hydroxylation is 1. The lowest BCUT2D eigenvalue weighted by molar-refractivity contribution is 0.0977. The summed E-state index contributed by atoms with van der Waals surface area (Å²) >= 11 is 1.55. The number of pyridine rings is 1. The minimum atomic E-state index is 0.0762. The number of Topliss-reactive ketones (excluding diaryl/α,β-unsaturated/α-hetero) is 1. The van der Waals surface area contributed by atoms with Crippen molar-refractivity contribution < 1.29 is 4.79 Å². The summed E-state index contributed by atoms with van der Waals surface area (Å²) < 4.78 is 1.62. The van der Waals surface area contributed by atoms with Gasteiger partial charge < -0.3 is 0 Å². The molecule has 2 aromatic heterocycles. The maximum Gasteiger partial charge on any atom is 0.209 e. The summed E-state index contributed by atoms with van der Waals surface area (Å²) in [5, 5.41) is 11.9. The molecule has 7 heteroatoms. The number of thioether (sulfide) groups is 1. The Balaban J connectivity index is 1.73. The first kappa shape index (κ1) is 12.7. The summed E-state index contributed by atoms with van der Waals surface area (Å²) in [6, 6.07) is 5.36. The fourth-order valence-corrected chi connectivity index (χ4v) is 2.18. The van der Waals surface area contributed by atoms with Crippen LogP contribution in [0, 0.1) is 0 Å². The smallest absolute Gasteiger partial charge is 0.209 e. The van der Waals surface area contributed by atoms with Gasteiger partial charge in [-0.25, -0.2) is 4.68 Å². The number of carbonyl (C=O) groups is 1. The first-order chi connectivity index (χ1) is 8.77. The standard InChI is InChI=1S/C11H13N5OS/c1-16-11(13-14-15-16)18-8-4-6-10(17)9-5-2-3-7-12-9/h2-3,5,7H,4,6,8H2,1H3. The minimum Gasteiger partial charge on any atom is -0.292 e. The van der Waals surface area contributed by atoms with E-state index in [4.69, 9.17) is 0 Å². The molecule has 0 aliphatic rings. The second-order valence-electron chi connectivity index (χ2n) is 3.68. The molecule has 0 aliphatic carbocycles. The molecule has 2 rings (SSSR count). The van der Waals surface area contributed by atoms with Crippen molar-refractivity contribution in [2.75, 3.05) is 5.75 Å². The molecule has 0 aliphatic heterocycles. The number of hydrogen-bond donors (Lipinski definition) is 0. The second kappa shape index (κ2) is 6.25. The van der Waals surface area contributed by atoms with Crippen LogP contribution >= 0.6 is 11.8 Å². The van der Waals surface area contributed by atoms with E-state index in [9.17, 15) is 4.79 Å². The van der Waals surface area contributed by atoms with Gasteiger partial charge in [-0.05, 0) is 29.0 Å². The van der Waals surface area contributed by atoms with Crippen molar-refractivity contribution >= 4 is 17.5 Å². The van der Waals surface area contributed by atoms with Crippen LogP contribution < -0.4 is 0 Å². The molecule has 0 atom stereocenters. The lowest BCUT2D eigenvalue weighted by Gasteiger charge is -2.00. The molecule has 0 radical (unpaired) electrons. The summed E-state index contributed by atoms with van der Waals surface area (Å²) in [7, 11) is 1.79. The molecule has 0 aromatic carbocycles. The molecule has 18 heavy (non-hydrogen) atoms. The van der Waals surface area contributed by atoms with Crippen LogP contribution in [0.15, 0.2) is 29.6 Å². The number of ketones is 1. The van der Waals surface area contributed by atoms with Gasteiger partial charge in [0.1, 0.15) is 5.69 Å². The Hall–Kier alpha value is -1.76. The third kappa shape index (κ3) is 3.36. The molecule has 0 spiro atoms. The Morgan fingerprint density at radius 3 is 3.00 bits per heavy atom. The van der Waals surface area contributed by atoms with E-state index in [0.717, 1.165) is 17.3 Å². The van der Waals surface area contributed by atoms with E-state index in [2.05, 4.69) is 20.5 Å². The van der Waals surface area contributed by atoms with E-state index in [1.807, 2.05) is 6.07 Å². The van der Waals surface area contributed by atoms with Gasteiger partial charge in [-0.2, -0.15) is 0 Å². The van der Waals surface area contributed by atoms with Gasteiger partial charge in [-0.1, -0.05) is 17.8 Å². The highest BCUT2D eigenvalue weighted by Gasteiger charge is 2.07. The van der Waals surface area contributed by atoms with Gasteiger partial charge in [0.25, 0.3) is 0 Å². The summed E-state index contributed by atoms with van der Waals surface area (Å²) in [5.74, 6) is 0.888. The fraction of sp³-hybridized carbons (Fsp3) is 0.364. The zero-order chi connectivity index (χ0) is 12.8. The third-order valence-electron chi connectivity index (χ3n) is 2.31. The van der Waals surface area contributed by atoms with E-state index in [1.165, 1.54) is 0 Å². The van der Waals surface area contributed by atoms with E-state index >= 15 is 0 Å². The quantitative estimate of drug-likeness (QED) is 0.445. The van der Waals surface area contributed by atoms with Crippen LogP contribution in [0.25, 0.3) is 0 Å². The molecular formula is C11H13N5OS. The lowest BCUT2D eigenvalue weighted by atomic mass is 10.1. The van der Waals surface area contributed by atoms with Gasteiger partial charge >= 0.3 is 0 Å². The van der Waals surface area contributed by atoms with Gasteiger partial charge in [-0.3, -0.25) is 9.78 Å². The van der Waals surface area contributed by atoms with E-state index in [0.29, 0.717) is 12.1 Å². The predicted octanol–water partition coefficient (Wildman–Crippen LogP) is 1.36. The number of nitrogens with zero attached hydrogens (tertiary/aromatic N) is 5. The number of tetrazole rings is 1. The average molecular weight is 263 g/mol. The Morgan fingerprint density at radius 2 is 2.33 bits per heavy atom. The van der Waals surface area contributed by atoms with Crippen LogP contribution in [0.2, 0.25) is 0 Å². The lowest BCUT2D eigenvalue weighted by Crippen LogP contribution is -2.02. The zero-order valence-electron chi connectivity index (χ0n) is 9.98. The maximum atomic E-state index is 11.8. The molecule has 0 saturated carbocycles. The van der Waals surface area contributed by atoms with Crippen molar-refractivity contribution in [3.8, 4) is 0 Å². The van der Waals surface area contributed by atoms with Crippen molar-refractivity contribution in [3.63, 3.8) is 0 Å². The fourth-order valence-electron chi connectivity index (χ4n) is 1.40. The topological polar surface area (TPSA) is 73.6 Å². The summed E-state index contributed by atoms with van der Waals surface area (Å²) in [5.41, 5.74) is 0.530. The van der Waals surface area contributed by atoms with Gasteiger partial charge in [0.05, 0.1) is 0 Å². The van der Waals surface area contributed by atoms with Gasteiger partial charge in [-0.15, -0.1) is 5.10 Å². The molecule has 0 bridgehead atoms. The Labute approximate surface area is 109 Å². The maximum absolute atomic E-state index is 11.8. The number of carbonyl (C=O) groups excluding carboxylic acids is 1. The highest BCUT2D eigenvalue weighted by atomic mass is 32.2. The summed E-state index contributed by atoms with van der Waals surface area (Å²) in [6.07, 6.45) is 2.91. The molecule has 94 valence electrons. The number of hydrogen-bond acceptors (Lipinski definition) is 6. The molecule has 2 aromatic rings. The molecule has 0 N–H and O–H groups in total. The van der Waals surface area contributed by atoms with Crippen LogP contribution in [-0.4, -0.2) is 36.7 Å². The summed E-state index contributed by atoms with van der Waals surface area (Å²) in [4.78, 5) is 15.8. The monoisotopic (exact) mass is 263 g/mol. The first-order valence-electron chi connectivity index (χ1n) is 5.57. The molecule has 0 amide bonds. The van der Waals surface area contributed by atoms with Gasteiger partial charge in [0, 0.05) is 25.4 Å². The molecular weight excluding hydrogens is 250 g/mol. The largest absolute Gasteiger partial charge is 0.292 e. The third-order valence-corrected chi connectivity index (χ3v) is 3.41. The van der Waals surface area contributed by atoms with Crippen molar-refractivity contribution in [1.82, 2.24) is 25.2 Å². The normalized spacial score (nSPS) is 10.5. The van der Waals surface area contributed by atoms with E-state index in [-0.39, 0.29) is 5.78 Å². The Bertz CT molecular complexity index is 513. The minimum absolute atomic E-state index is 0.0762. The van der Waals surface area contributed by atoms with Crippen LogP contribution in [0.5, 0.6) is 0 Å².